The van der Waals surface area contributed by atoms with Gasteiger partial charge in [0.05, 0.1) is 42.4 Å². The first-order chi connectivity index (χ1) is 19.9. The SMILES string of the molecule is CC(C)(CCC#N)CN(C[C@@H](O)[C@H](Cc1ccccc1)N(C(=O)[O-])[C@H]1CO[C@H]2OCC[C@H]21)S(=O)(=O)c1cccc(N)c1. The van der Waals surface area contributed by atoms with Crippen molar-refractivity contribution in [3.8, 4) is 6.07 Å². The normalized spacial score (nSPS) is 21.9. The summed E-state index contributed by atoms with van der Waals surface area (Å²) in [6, 6.07) is 15.4. The van der Waals surface area contributed by atoms with E-state index >= 15 is 0 Å². The maximum absolute atomic E-state index is 14.0. The standard InChI is InChI=1S/C30H40N4O7S/c1-30(2,13-7-14-31)20-33(42(38,39)23-11-6-10-22(32)17-23)18-27(35)25(16-21-8-4-3-5-9-21)34(29(36)37)26-19-41-28-24(26)12-15-40-28/h3-6,8-11,17,24-28,35H,7,12-13,15-16,18-20,32H2,1-2H3,(H,36,37)/p-1/t24-,25-,26-,27+,28+/m0/s1. The van der Waals surface area contributed by atoms with Crippen LogP contribution in [0.1, 0.15) is 38.7 Å². The molecule has 42 heavy (non-hydrogen) atoms. The summed E-state index contributed by atoms with van der Waals surface area (Å²) in [7, 11) is -4.18. The average molecular weight is 600 g/mol. The third-order valence-electron chi connectivity index (χ3n) is 8.07. The van der Waals surface area contributed by atoms with Gasteiger partial charge in [-0.2, -0.15) is 9.57 Å². The van der Waals surface area contributed by atoms with E-state index in [9.17, 15) is 23.4 Å². The van der Waals surface area contributed by atoms with E-state index in [0.717, 1.165) is 10.5 Å². The Morgan fingerprint density at radius 1 is 1.21 bits per heavy atom. The van der Waals surface area contributed by atoms with Gasteiger partial charge in [0.2, 0.25) is 10.0 Å². The van der Waals surface area contributed by atoms with Gasteiger partial charge in [-0.15, -0.1) is 0 Å². The molecule has 0 radical (unpaired) electrons. The Labute approximate surface area is 247 Å². The molecule has 5 atom stereocenters. The summed E-state index contributed by atoms with van der Waals surface area (Å²) in [6.07, 6.45) is -2.09. The second-order valence-electron chi connectivity index (χ2n) is 11.8. The Morgan fingerprint density at radius 2 is 1.95 bits per heavy atom. The van der Waals surface area contributed by atoms with Gasteiger partial charge >= 0.3 is 0 Å². The van der Waals surface area contributed by atoms with Crippen molar-refractivity contribution in [2.24, 2.45) is 11.3 Å². The number of carboxylic acid groups (broad SMARTS) is 1. The summed E-state index contributed by atoms with van der Waals surface area (Å²) in [4.78, 5) is 13.8. The Bertz CT molecular complexity index is 1370. The van der Waals surface area contributed by atoms with Gasteiger partial charge in [-0.3, -0.25) is 0 Å². The summed E-state index contributed by atoms with van der Waals surface area (Å²) in [5, 5.41) is 33.7. The lowest BCUT2D eigenvalue weighted by atomic mass is 9.87. The van der Waals surface area contributed by atoms with Crippen LogP contribution in [0.3, 0.4) is 0 Å². The number of benzene rings is 2. The van der Waals surface area contributed by atoms with Crippen LogP contribution in [0.5, 0.6) is 0 Å². The largest absolute Gasteiger partial charge is 0.530 e. The molecule has 0 unspecified atom stereocenters. The number of carbonyl (C=O) groups is 1. The molecule has 228 valence electrons. The molecule has 2 aromatic carbocycles. The van der Waals surface area contributed by atoms with Gasteiger partial charge in [0, 0.05) is 31.1 Å². The van der Waals surface area contributed by atoms with E-state index in [0.29, 0.717) is 19.4 Å². The number of ether oxygens (including phenoxy) is 2. The summed E-state index contributed by atoms with van der Waals surface area (Å²) in [6.45, 7) is 3.80. The first-order valence-electron chi connectivity index (χ1n) is 14.1. The topological polar surface area (TPSA) is 169 Å². The quantitative estimate of drug-likeness (QED) is 0.327. The molecule has 11 nitrogen and oxygen atoms in total. The predicted molar refractivity (Wildman–Crippen MR) is 153 cm³/mol. The number of aliphatic hydroxyl groups excluding tert-OH is 1. The fourth-order valence-corrected chi connectivity index (χ4v) is 7.58. The van der Waals surface area contributed by atoms with Crippen molar-refractivity contribution in [1.82, 2.24) is 9.21 Å². The van der Waals surface area contributed by atoms with Crippen molar-refractivity contribution in [1.29, 1.82) is 5.26 Å². The Kier molecular flexibility index (Phi) is 10.1. The third-order valence-corrected chi connectivity index (χ3v) is 9.88. The molecule has 2 heterocycles. The van der Waals surface area contributed by atoms with Crippen LogP contribution in [0.15, 0.2) is 59.5 Å². The molecule has 0 spiro atoms. The van der Waals surface area contributed by atoms with Crippen LogP contribution in [0.4, 0.5) is 10.5 Å². The van der Waals surface area contributed by atoms with Crippen molar-refractivity contribution in [2.75, 3.05) is 32.0 Å². The molecular formula is C30H39N4O7S-. The number of amides is 1. The van der Waals surface area contributed by atoms with Crippen molar-refractivity contribution >= 4 is 21.8 Å². The zero-order valence-electron chi connectivity index (χ0n) is 24.0. The smallest absolute Gasteiger partial charge is 0.243 e. The molecule has 2 aliphatic heterocycles. The van der Waals surface area contributed by atoms with E-state index in [-0.39, 0.29) is 42.5 Å². The lowest BCUT2D eigenvalue weighted by Crippen LogP contribution is -2.61. The number of rotatable bonds is 13. The number of nitrogens with zero attached hydrogens (tertiary/aromatic N) is 3. The van der Waals surface area contributed by atoms with E-state index in [1.54, 1.807) is 6.07 Å². The Morgan fingerprint density at radius 3 is 2.62 bits per heavy atom. The zero-order valence-corrected chi connectivity index (χ0v) is 24.8. The number of fused-ring (bicyclic) bond motifs is 1. The van der Waals surface area contributed by atoms with Gasteiger partial charge in [-0.1, -0.05) is 50.2 Å². The highest BCUT2D eigenvalue weighted by Crippen LogP contribution is 2.36. The van der Waals surface area contributed by atoms with E-state index in [4.69, 9.17) is 20.5 Å². The molecule has 0 aliphatic carbocycles. The monoisotopic (exact) mass is 599 g/mol. The van der Waals surface area contributed by atoms with Crippen LogP contribution < -0.4 is 10.8 Å². The minimum Gasteiger partial charge on any atom is -0.530 e. The summed E-state index contributed by atoms with van der Waals surface area (Å²) >= 11 is 0. The summed E-state index contributed by atoms with van der Waals surface area (Å²) in [5.74, 6) is -0.231. The maximum Gasteiger partial charge on any atom is 0.243 e. The number of hydrogen-bond acceptors (Lipinski definition) is 9. The van der Waals surface area contributed by atoms with E-state index < -0.39 is 52.6 Å². The molecule has 0 bridgehead atoms. The van der Waals surface area contributed by atoms with Gasteiger partial charge in [0.1, 0.15) is 6.09 Å². The van der Waals surface area contributed by atoms with E-state index in [1.807, 2.05) is 44.2 Å². The fraction of sp³-hybridized carbons (Fsp3) is 0.533. The number of hydrogen-bond donors (Lipinski definition) is 2. The summed E-state index contributed by atoms with van der Waals surface area (Å²) in [5.41, 5.74) is 6.31. The Balaban J connectivity index is 1.71. The first kappa shape index (κ1) is 31.7. The molecule has 2 aromatic rings. The minimum absolute atomic E-state index is 0.0165. The van der Waals surface area contributed by atoms with Crippen LogP contribution in [0.2, 0.25) is 0 Å². The van der Waals surface area contributed by atoms with Crippen molar-refractivity contribution in [3.05, 3.63) is 60.2 Å². The van der Waals surface area contributed by atoms with Gasteiger partial charge in [0.25, 0.3) is 0 Å². The van der Waals surface area contributed by atoms with Gasteiger partial charge in [-0.25, -0.2) is 8.42 Å². The first-order valence-corrected chi connectivity index (χ1v) is 15.5. The Hall–Kier alpha value is -3.21. The summed E-state index contributed by atoms with van der Waals surface area (Å²) < 4.78 is 40.5. The lowest BCUT2D eigenvalue weighted by molar-refractivity contribution is -0.273. The minimum atomic E-state index is -4.18. The van der Waals surface area contributed by atoms with E-state index in [2.05, 4.69) is 6.07 Å². The number of aliphatic hydroxyl groups is 1. The molecule has 1 amide bonds. The fourth-order valence-electron chi connectivity index (χ4n) is 5.87. The number of carbonyl (C=O) groups excluding carboxylic acids is 1. The molecule has 0 saturated carbocycles. The predicted octanol–water partition coefficient (Wildman–Crippen LogP) is 1.97. The number of sulfonamides is 1. The molecule has 2 fully saturated rings. The van der Waals surface area contributed by atoms with Crippen LogP contribution in [0.25, 0.3) is 0 Å². The average Bonchev–Trinajstić information content (AvgIpc) is 3.56. The number of nitrogen functional groups attached to an aromatic ring is 1. The van der Waals surface area contributed by atoms with Crippen LogP contribution in [-0.2, 0) is 25.9 Å². The molecule has 0 aromatic heterocycles. The second kappa shape index (κ2) is 13.4. The highest BCUT2D eigenvalue weighted by Gasteiger charge is 2.47. The number of nitriles is 1. The zero-order chi connectivity index (χ0) is 30.5. The number of nitrogens with two attached hydrogens (primary N) is 1. The van der Waals surface area contributed by atoms with Crippen LogP contribution in [-0.4, -0.2) is 79.6 Å². The molecular weight excluding hydrogens is 560 g/mol. The highest BCUT2D eigenvalue weighted by molar-refractivity contribution is 7.89. The van der Waals surface area contributed by atoms with Gasteiger partial charge in [0.15, 0.2) is 6.29 Å². The van der Waals surface area contributed by atoms with Gasteiger partial charge < -0.3 is 35.1 Å². The molecule has 2 saturated heterocycles. The highest BCUT2D eigenvalue weighted by atomic mass is 32.2. The third kappa shape index (κ3) is 7.40. The van der Waals surface area contributed by atoms with Crippen molar-refractivity contribution in [2.45, 2.75) is 68.9 Å². The molecule has 12 heteroatoms. The lowest BCUT2D eigenvalue weighted by Gasteiger charge is -2.43. The van der Waals surface area contributed by atoms with Crippen LogP contribution >= 0.6 is 0 Å². The van der Waals surface area contributed by atoms with Crippen LogP contribution in [0, 0.1) is 22.7 Å². The molecule has 3 N–H and O–H groups in total. The molecule has 2 aliphatic rings. The molecule has 4 rings (SSSR count). The van der Waals surface area contributed by atoms with E-state index in [1.165, 1.54) is 22.5 Å². The second-order valence-corrected chi connectivity index (χ2v) is 13.7. The maximum atomic E-state index is 14.0. The number of anilines is 1. The van der Waals surface area contributed by atoms with Crippen molar-refractivity contribution < 1.29 is 32.9 Å². The van der Waals surface area contributed by atoms with Crippen molar-refractivity contribution in [3.63, 3.8) is 0 Å². The van der Waals surface area contributed by atoms with Gasteiger partial charge in [-0.05, 0) is 48.4 Å².